The van der Waals surface area contributed by atoms with E-state index in [9.17, 15) is 14.9 Å². The number of nitrogens with zero attached hydrogens (tertiary/aromatic N) is 1. The number of carbonyl (C=O) groups is 1. The fourth-order valence-corrected chi connectivity index (χ4v) is 2.49. The smallest absolute Gasteiger partial charge is 0.294 e. The molecule has 0 aliphatic heterocycles. The Morgan fingerprint density at radius 1 is 1.27 bits per heavy atom. The van der Waals surface area contributed by atoms with Gasteiger partial charge in [0.25, 0.3) is 5.69 Å². The minimum atomic E-state index is -0.548. The van der Waals surface area contributed by atoms with Crippen molar-refractivity contribution in [1.29, 1.82) is 0 Å². The quantitative estimate of drug-likeness (QED) is 0.265. The fraction of sp³-hybridized carbons (Fsp3) is 0.533. The summed E-state index contributed by atoms with van der Waals surface area (Å²) in [6.45, 7) is 2.73. The molecule has 0 atom stereocenters. The second-order valence-electron chi connectivity index (χ2n) is 4.94. The van der Waals surface area contributed by atoms with Gasteiger partial charge in [-0.05, 0) is 22.4 Å². The Hall–Kier alpha value is -1.63. The summed E-state index contributed by atoms with van der Waals surface area (Å²) in [5.41, 5.74) is -0.0490. The monoisotopic (exact) mass is 372 g/mol. The van der Waals surface area contributed by atoms with Crippen LogP contribution in [0.5, 0.6) is 5.75 Å². The van der Waals surface area contributed by atoms with E-state index in [0.717, 1.165) is 12.8 Å². The third-order valence-corrected chi connectivity index (χ3v) is 3.84. The fourth-order valence-electron chi connectivity index (χ4n) is 2.05. The van der Waals surface area contributed by atoms with Crippen molar-refractivity contribution < 1.29 is 14.5 Å². The van der Waals surface area contributed by atoms with E-state index in [-0.39, 0.29) is 11.4 Å². The molecule has 1 N–H and O–H groups in total. The van der Waals surface area contributed by atoms with Crippen molar-refractivity contribution in [2.24, 2.45) is 0 Å². The van der Waals surface area contributed by atoms with Gasteiger partial charge >= 0.3 is 0 Å². The van der Waals surface area contributed by atoms with Gasteiger partial charge in [-0.3, -0.25) is 14.9 Å². The largest absolute Gasteiger partial charge is 0.492 e. The van der Waals surface area contributed by atoms with E-state index in [2.05, 4.69) is 28.2 Å². The molecule has 0 heterocycles. The van der Waals surface area contributed by atoms with Crippen LogP contribution < -0.4 is 10.1 Å². The summed E-state index contributed by atoms with van der Waals surface area (Å²) >= 11 is 3.26. The van der Waals surface area contributed by atoms with Crippen molar-refractivity contribution in [3.8, 4) is 5.75 Å². The molecule has 6 nitrogen and oxygen atoms in total. The number of nitrogens with one attached hydrogen (secondary N) is 1. The third-order valence-electron chi connectivity index (χ3n) is 3.22. The van der Waals surface area contributed by atoms with Gasteiger partial charge in [0.1, 0.15) is 11.4 Å². The van der Waals surface area contributed by atoms with Crippen LogP contribution in [0.3, 0.4) is 0 Å². The maximum Gasteiger partial charge on any atom is 0.294 e. The minimum absolute atomic E-state index is 0.126. The highest BCUT2D eigenvalue weighted by atomic mass is 79.9. The molecule has 0 bridgehead atoms. The number of hydrogen-bond donors (Lipinski definition) is 1. The lowest BCUT2D eigenvalue weighted by molar-refractivity contribution is -0.384. The number of nitro groups is 1. The molecule has 0 fully saturated rings. The molecule has 0 unspecified atom stereocenters. The molecule has 1 aromatic rings. The first kappa shape index (κ1) is 18.4. The van der Waals surface area contributed by atoms with Crippen LogP contribution in [-0.4, -0.2) is 17.9 Å². The molecule has 1 amide bonds. The van der Waals surface area contributed by atoms with Crippen molar-refractivity contribution in [3.05, 3.63) is 26.7 Å². The Labute approximate surface area is 138 Å². The van der Waals surface area contributed by atoms with Gasteiger partial charge < -0.3 is 10.1 Å². The first-order chi connectivity index (χ1) is 10.6. The van der Waals surface area contributed by atoms with Gasteiger partial charge in [0.05, 0.1) is 16.0 Å². The summed E-state index contributed by atoms with van der Waals surface area (Å²) in [5.74, 6) is 0.489. The Balaban J connectivity index is 2.57. The minimum Gasteiger partial charge on any atom is -0.492 e. The van der Waals surface area contributed by atoms with E-state index in [4.69, 9.17) is 4.74 Å². The number of ether oxygens (including phenoxy) is 1. The highest BCUT2D eigenvalue weighted by molar-refractivity contribution is 9.10. The first-order valence-corrected chi connectivity index (χ1v) is 8.20. The van der Waals surface area contributed by atoms with Crippen LogP contribution in [0.15, 0.2) is 16.6 Å². The average Bonchev–Trinajstić information content (AvgIpc) is 2.49. The maximum absolute atomic E-state index is 10.9. The molecular weight excluding hydrogens is 352 g/mol. The molecule has 1 aromatic carbocycles. The number of unbranched alkanes of at least 4 members (excludes halogenated alkanes) is 5. The van der Waals surface area contributed by atoms with Gasteiger partial charge in [-0.2, -0.15) is 0 Å². The Morgan fingerprint density at radius 2 is 1.95 bits per heavy atom. The number of carbonyl (C=O) groups excluding carboxylic acids is 1. The normalized spacial score (nSPS) is 10.3. The zero-order valence-electron chi connectivity index (χ0n) is 12.6. The maximum atomic E-state index is 10.9. The van der Waals surface area contributed by atoms with Crippen LogP contribution in [0, 0.1) is 10.1 Å². The number of hydrogen-bond acceptors (Lipinski definition) is 4. The number of rotatable bonds is 11. The molecule has 0 spiro atoms. The Bertz CT molecular complexity index is 509. The summed E-state index contributed by atoms with van der Waals surface area (Å²) in [6, 6.07) is 2.80. The number of halogens is 1. The molecule has 0 aliphatic rings. The van der Waals surface area contributed by atoms with Crippen LogP contribution in [0.1, 0.15) is 45.4 Å². The van der Waals surface area contributed by atoms with E-state index in [1.807, 2.05) is 0 Å². The van der Waals surface area contributed by atoms with Crippen molar-refractivity contribution in [1.82, 2.24) is 0 Å². The first-order valence-electron chi connectivity index (χ1n) is 7.41. The van der Waals surface area contributed by atoms with Crippen LogP contribution >= 0.6 is 15.9 Å². The van der Waals surface area contributed by atoms with Gasteiger partial charge in [-0.1, -0.05) is 39.0 Å². The predicted octanol–water partition coefficient (Wildman–Crippen LogP) is 4.66. The molecule has 7 heteroatoms. The lowest BCUT2D eigenvalue weighted by Gasteiger charge is -2.10. The van der Waals surface area contributed by atoms with E-state index in [1.165, 1.54) is 37.8 Å². The number of amides is 1. The van der Waals surface area contributed by atoms with E-state index < -0.39 is 4.92 Å². The lowest BCUT2D eigenvalue weighted by Crippen LogP contribution is -2.03. The van der Waals surface area contributed by atoms with E-state index in [0.29, 0.717) is 23.2 Å². The lowest BCUT2D eigenvalue weighted by atomic mass is 10.1. The van der Waals surface area contributed by atoms with Gasteiger partial charge in [-0.25, -0.2) is 0 Å². The zero-order chi connectivity index (χ0) is 16.4. The van der Waals surface area contributed by atoms with Crippen LogP contribution in [0.25, 0.3) is 0 Å². The summed E-state index contributed by atoms with van der Waals surface area (Å²) in [6.07, 6.45) is 7.36. The second-order valence-corrected chi connectivity index (χ2v) is 5.79. The highest BCUT2D eigenvalue weighted by Crippen LogP contribution is 2.36. The second kappa shape index (κ2) is 10.2. The van der Waals surface area contributed by atoms with Crippen molar-refractivity contribution in [2.75, 3.05) is 11.9 Å². The SMILES string of the molecule is CCCCCCCCOc1cc(NC=O)c([N+](=O)[O-])cc1Br. The molecule has 1 rings (SSSR count). The van der Waals surface area contributed by atoms with Crippen molar-refractivity contribution in [2.45, 2.75) is 45.4 Å². The van der Waals surface area contributed by atoms with Gasteiger partial charge in [0.2, 0.25) is 6.41 Å². The highest BCUT2D eigenvalue weighted by Gasteiger charge is 2.17. The van der Waals surface area contributed by atoms with E-state index in [1.54, 1.807) is 0 Å². The van der Waals surface area contributed by atoms with Crippen molar-refractivity contribution in [3.63, 3.8) is 0 Å². The molecule has 0 aliphatic carbocycles. The summed E-state index contributed by atoms with van der Waals surface area (Å²) in [5, 5.41) is 13.3. The molecule has 0 saturated carbocycles. The van der Waals surface area contributed by atoms with Crippen LogP contribution in [0.2, 0.25) is 0 Å². The molecule has 0 saturated heterocycles. The molecule has 0 aromatic heterocycles. The summed E-state index contributed by atoms with van der Waals surface area (Å²) in [4.78, 5) is 20.9. The Kier molecular flexibility index (Phi) is 8.50. The van der Waals surface area contributed by atoms with Crippen LogP contribution in [-0.2, 0) is 4.79 Å². The third kappa shape index (κ3) is 6.01. The topological polar surface area (TPSA) is 81.5 Å². The average molecular weight is 373 g/mol. The van der Waals surface area contributed by atoms with Gasteiger partial charge in [0, 0.05) is 12.1 Å². The number of anilines is 1. The zero-order valence-corrected chi connectivity index (χ0v) is 14.2. The molecule has 22 heavy (non-hydrogen) atoms. The standard InChI is InChI=1S/C15H21BrN2O4/c1-2-3-4-5-6-7-8-22-15-10-13(17-11-19)14(18(20)21)9-12(15)16/h9-11H,2-8H2,1H3,(H,17,19). The predicted molar refractivity (Wildman–Crippen MR) is 89.4 cm³/mol. The molecular formula is C15H21BrN2O4. The molecule has 0 radical (unpaired) electrons. The summed E-state index contributed by atoms with van der Waals surface area (Å²) in [7, 11) is 0. The van der Waals surface area contributed by atoms with Crippen LogP contribution in [0.4, 0.5) is 11.4 Å². The summed E-state index contributed by atoms with van der Waals surface area (Å²) < 4.78 is 6.14. The van der Waals surface area contributed by atoms with Gasteiger partial charge in [-0.15, -0.1) is 0 Å². The number of nitro benzene ring substituents is 1. The van der Waals surface area contributed by atoms with E-state index >= 15 is 0 Å². The van der Waals surface area contributed by atoms with Gasteiger partial charge in [0.15, 0.2) is 0 Å². The van der Waals surface area contributed by atoms with Crippen molar-refractivity contribution >= 4 is 33.7 Å². The molecule has 122 valence electrons. The Morgan fingerprint density at radius 3 is 2.59 bits per heavy atom. The number of benzene rings is 1.